The lowest BCUT2D eigenvalue weighted by atomic mass is 10.2. The van der Waals surface area contributed by atoms with Crippen molar-refractivity contribution in [2.45, 2.75) is 6.54 Å². The number of hydrogen-bond donors (Lipinski definition) is 2. The molecule has 17 heavy (non-hydrogen) atoms. The number of nitrogens with two attached hydrogens (primary N) is 1. The molecular formula is C10H15BrN4O2. The number of carbonyl (C=O) groups excluding carboxylic acids is 1. The molecule has 0 aromatic carbocycles. The monoisotopic (exact) mass is 302 g/mol. The zero-order valence-electron chi connectivity index (χ0n) is 9.74. The molecule has 1 rings (SSSR count). The van der Waals surface area contributed by atoms with Gasteiger partial charge in [-0.05, 0) is 36.1 Å². The number of nitrogen functional groups attached to an aromatic ring is 1. The van der Waals surface area contributed by atoms with Crippen LogP contribution in [0.2, 0.25) is 0 Å². The van der Waals surface area contributed by atoms with Gasteiger partial charge in [-0.25, -0.2) is 5.84 Å². The van der Waals surface area contributed by atoms with Crippen LogP contribution in [0.5, 0.6) is 0 Å². The molecule has 6 nitrogen and oxygen atoms in total. The van der Waals surface area contributed by atoms with E-state index in [-0.39, 0.29) is 5.56 Å². The summed E-state index contributed by atoms with van der Waals surface area (Å²) in [5, 5.41) is 0. The van der Waals surface area contributed by atoms with Gasteiger partial charge in [-0.1, -0.05) is 0 Å². The highest BCUT2D eigenvalue weighted by Crippen LogP contribution is 2.07. The van der Waals surface area contributed by atoms with E-state index in [0.717, 1.165) is 0 Å². The van der Waals surface area contributed by atoms with Crippen LogP contribution in [0, 0.1) is 0 Å². The average molecular weight is 303 g/mol. The quantitative estimate of drug-likeness (QED) is 0.458. The van der Waals surface area contributed by atoms with Crippen molar-refractivity contribution >= 4 is 21.8 Å². The number of halogens is 1. The fourth-order valence-electron chi connectivity index (χ4n) is 1.28. The van der Waals surface area contributed by atoms with E-state index in [2.05, 4.69) is 15.9 Å². The summed E-state index contributed by atoms with van der Waals surface area (Å²) in [6.45, 7) is 1.22. The Balaban J connectivity index is 3.07. The maximum atomic E-state index is 11.8. The number of hydrazine groups is 1. The summed E-state index contributed by atoms with van der Waals surface area (Å²) in [5.74, 6) is 4.63. The van der Waals surface area contributed by atoms with Crippen LogP contribution in [0.4, 0.5) is 0 Å². The summed E-state index contributed by atoms with van der Waals surface area (Å²) in [4.78, 5) is 25.1. The molecule has 0 atom stereocenters. The zero-order valence-corrected chi connectivity index (χ0v) is 11.3. The molecule has 1 aromatic rings. The Hall–Kier alpha value is -1.18. The van der Waals surface area contributed by atoms with E-state index < -0.39 is 5.91 Å². The van der Waals surface area contributed by atoms with Crippen LogP contribution < -0.4 is 16.8 Å². The molecule has 0 radical (unpaired) electrons. The molecule has 1 amide bonds. The number of nitrogens with one attached hydrogen (secondary N) is 1. The number of amides is 1. The predicted octanol–water partition coefficient (Wildman–Crippen LogP) is -0.224. The molecule has 0 spiro atoms. The Morgan fingerprint density at radius 2 is 2.24 bits per heavy atom. The molecule has 1 aromatic heterocycles. The first-order valence-corrected chi connectivity index (χ1v) is 5.80. The number of pyridine rings is 1. The molecule has 0 unspecified atom stereocenters. The fraction of sp³-hybridized carbons (Fsp3) is 0.400. The van der Waals surface area contributed by atoms with Gasteiger partial charge in [0.1, 0.15) is 0 Å². The van der Waals surface area contributed by atoms with Crippen molar-refractivity contribution in [1.29, 1.82) is 0 Å². The van der Waals surface area contributed by atoms with E-state index in [1.165, 1.54) is 16.8 Å². The number of hydrogen-bond acceptors (Lipinski definition) is 4. The maximum Gasteiger partial charge on any atom is 0.266 e. The SMILES string of the molecule is CN(C)CCn1cc(C(=O)NN)cc(Br)c1=O. The molecule has 7 heteroatoms. The summed E-state index contributed by atoms with van der Waals surface area (Å²) in [6.07, 6.45) is 1.50. The topological polar surface area (TPSA) is 80.4 Å². The first-order valence-electron chi connectivity index (χ1n) is 5.01. The minimum absolute atomic E-state index is 0.166. The molecule has 1 heterocycles. The van der Waals surface area contributed by atoms with E-state index in [0.29, 0.717) is 23.1 Å². The standard InChI is InChI=1S/C10H15BrN4O2/c1-14(2)3-4-15-6-7(9(16)13-12)5-8(11)10(15)17/h5-6H,3-4,12H2,1-2H3,(H,13,16). The van der Waals surface area contributed by atoms with Crippen molar-refractivity contribution in [2.24, 2.45) is 5.84 Å². The minimum atomic E-state index is -0.427. The Kier molecular flexibility index (Phi) is 4.86. The van der Waals surface area contributed by atoms with Gasteiger partial charge in [0.15, 0.2) is 0 Å². The van der Waals surface area contributed by atoms with Crippen LogP contribution in [0.25, 0.3) is 0 Å². The van der Waals surface area contributed by atoms with E-state index in [1.54, 1.807) is 0 Å². The first-order chi connectivity index (χ1) is 7.95. The Morgan fingerprint density at radius 3 is 2.76 bits per heavy atom. The van der Waals surface area contributed by atoms with Gasteiger partial charge in [0, 0.05) is 19.3 Å². The van der Waals surface area contributed by atoms with Crippen molar-refractivity contribution in [3.8, 4) is 0 Å². The van der Waals surface area contributed by atoms with E-state index in [1.807, 2.05) is 24.4 Å². The van der Waals surface area contributed by atoms with E-state index in [4.69, 9.17) is 5.84 Å². The smallest absolute Gasteiger partial charge is 0.266 e. The van der Waals surface area contributed by atoms with Gasteiger partial charge >= 0.3 is 0 Å². The second kappa shape index (κ2) is 5.95. The first kappa shape index (κ1) is 13.9. The number of aromatic nitrogens is 1. The third-order valence-corrected chi connectivity index (χ3v) is 2.79. The summed E-state index contributed by atoms with van der Waals surface area (Å²) in [7, 11) is 3.83. The van der Waals surface area contributed by atoms with Crippen LogP contribution >= 0.6 is 15.9 Å². The molecule has 94 valence electrons. The van der Waals surface area contributed by atoms with Gasteiger partial charge in [-0.15, -0.1) is 0 Å². The maximum absolute atomic E-state index is 11.8. The highest BCUT2D eigenvalue weighted by Gasteiger charge is 2.09. The van der Waals surface area contributed by atoms with Crippen LogP contribution in [0.15, 0.2) is 21.5 Å². The van der Waals surface area contributed by atoms with Gasteiger partial charge in [0.2, 0.25) is 0 Å². The van der Waals surface area contributed by atoms with Crippen molar-refractivity contribution in [3.63, 3.8) is 0 Å². The lowest BCUT2D eigenvalue weighted by Crippen LogP contribution is -2.33. The van der Waals surface area contributed by atoms with Crippen molar-refractivity contribution in [2.75, 3.05) is 20.6 Å². The lowest BCUT2D eigenvalue weighted by Gasteiger charge is -2.12. The van der Waals surface area contributed by atoms with Crippen LogP contribution in [-0.2, 0) is 6.54 Å². The van der Waals surface area contributed by atoms with Gasteiger partial charge in [0.05, 0.1) is 10.0 Å². The summed E-state index contributed by atoms with van der Waals surface area (Å²) >= 11 is 3.13. The Bertz CT molecular complexity index is 470. The highest BCUT2D eigenvalue weighted by molar-refractivity contribution is 9.10. The molecular weight excluding hydrogens is 288 g/mol. The summed E-state index contributed by atoms with van der Waals surface area (Å²) in [6, 6.07) is 1.46. The van der Waals surface area contributed by atoms with Crippen LogP contribution in [0.1, 0.15) is 10.4 Å². The number of carbonyl (C=O) groups is 1. The van der Waals surface area contributed by atoms with E-state index >= 15 is 0 Å². The van der Waals surface area contributed by atoms with Gasteiger partial charge < -0.3 is 9.47 Å². The zero-order chi connectivity index (χ0) is 13.0. The molecule has 3 N–H and O–H groups in total. The molecule has 0 aliphatic rings. The second-order valence-electron chi connectivity index (χ2n) is 3.85. The predicted molar refractivity (Wildman–Crippen MR) is 68.6 cm³/mol. The average Bonchev–Trinajstić information content (AvgIpc) is 2.29. The lowest BCUT2D eigenvalue weighted by molar-refractivity contribution is 0.0952. The largest absolute Gasteiger partial charge is 0.312 e. The fourth-order valence-corrected chi connectivity index (χ4v) is 1.75. The number of nitrogens with zero attached hydrogens (tertiary/aromatic N) is 2. The van der Waals surface area contributed by atoms with Crippen molar-refractivity contribution in [3.05, 3.63) is 32.7 Å². The van der Waals surface area contributed by atoms with Crippen molar-refractivity contribution in [1.82, 2.24) is 14.9 Å². The van der Waals surface area contributed by atoms with Gasteiger partial charge in [-0.3, -0.25) is 15.0 Å². The highest BCUT2D eigenvalue weighted by atomic mass is 79.9. The summed E-state index contributed by atoms with van der Waals surface area (Å²) < 4.78 is 1.83. The Labute approximate surface area is 107 Å². The molecule has 0 saturated carbocycles. The number of rotatable bonds is 4. The van der Waals surface area contributed by atoms with Gasteiger partial charge in [-0.2, -0.15) is 0 Å². The molecule has 0 saturated heterocycles. The third-order valence-electron chi connectivity index (χ3n) is 2.22. The third kappa shape index (κ3) is 3.65. The van der Waals surface area contributed by atoms with E-state index in [9.17, 15) is 9.59 Å². The molecule has 0 bridgehead atoms. The Morgan fingerprint density at radius 1 is 1.59 bits per heavy atom. The molecule has 0 aliphatic heterocycles. The number of likely N-dealkylation sites (N-methyl/N-ethyl adjacent to an activating group) is 1. The second-order valence-corrected chi connectivity index (χ2v) is 4.71. The normalized spacial score (nSPS) is 10.6. The summed E-state index contributed by atoms with van der Waals surface area (Å²) in [5.41, 5.74) is 2.21. The van der Waals surface area contributed by atoms with Gasteiger partial charge in [0.25, 0.3) is 11.5 Å². The van der Waals surface area contributed by atoms with Crippen LogP contribution in [0.3, 0.4) is 0 Å². The van der Waals surface area contributed by atoms with Crippen molar-refractivity contribution < 1.29 is 4.79 Å². The van der Waals surface area contributed by atoms with Crippen LogP contribution in [-0.4, -0.2) is 36.0 Å². The minimum Gasteiger partial charge on any atom is -0.312 e. The molecule has 0 fully saturated rings. The molecule has 0 aliphatic carbocycles.